The maximum atomic E-state index is 13.9. The number of benzene rings is 2. The van der Waals surface area contributed by atoms with Crippen molar-refractivity contribution in [3.8, 4) is 0 Å². The monoisotopic (exact) mass is 353 g/mol. The van der Waals surface area contributed by atoms with Crippen molar-refractivity contribution in [1.29, 1.82) is 0 Å². The Morgan fingerprint density at radius 1 is 1.14 bits per heavy atom. The second-order valence-corrected chi connectivity index (χ2v) is 5.97. The molecule has 0 radical (unpaired) electrons. The fraction of sp³-hybridized carbons (Fsp3) is 0.294. The first-order valence-electron chi connectivity index (χ1n) is 6.94. The van der Waals surface area contributed by atoms with E-state index in [1.807, 2.05) is 32.0 Å². The minimum Gasteiger partial charge on any atom is -0.310 e. The summed E-state index contributed by atoms with van der Waals surface area (Å²) in [4.78, 5) is 0. The van der Waals surface area contributed by atoms with Crippen LogP contribution in [0.25, 0.3) is 0 Å². The van der Waals surface area contributed by atoms with Crippen molar-refractivity contribution in [2.75, 3.05) is 6.54 Å². The second kappa shape index (κ2) is 7.14. The summed E-state index contributed by atoms with van der Waals surface area (Å²) in [7, 11) is 0. The van der Waals surface area contributed by atoms with Crippen LogP contribution >= 0.6 is 15.9 Å². The van der Waals surface area contributed by atoms with Crippen LogP contribution < -0.4 is 5.32 Å². The molecule has 1 atom stereocenters. The van der Waals surface area contributed by atoms with Crippen LogP contribution in [-0.4, -0.2) is 6.54 Å². The summed E-state index contributed by atoms with van der Waals surface area (Å²) in [6.07, 6.45) is 0.489. The molecule has 2 aromatic carbocycles. The normalized spacial score (nSPS) is 12.4. The zero-order valence-electron chi connectivity index (χ0n) is 12.1. The summed E-state index contributed by atoms with van der Waals surface area (Å²) in [5.74, 6) is -1.04. The zero-order chi connectivity index (χ0) is 15.4. The van der Waals surface area contributed by atoms with E-state index in [2.05, 4.69) is 21.2 Å². The minimum atomic E-state index is -0.545. The first-order valence-corrected chi connectivity index (χ1v) is 7.74. The van der Waals surface area contributed by atoms with Crippen LogP contribution in [0.15, 0.2) is 40.9 Å². The lowest BCUT2D eigenvalue weighted by Crippen LogP contribution is -2.24. The molecule has 0 spiro atoms. The maximum absolute atomic E-state index is 13.9. The fourth-order valence-corrected chi connectivity index (χ4v) is 2.95. The highest BCUT2D eigenvalue weighted by Crippen LogP contribution is 2.25. The van der Waals surface area contributed by atoms with Crippen molar-refractivity contribution >= 4 is 15.9 Å². The quantitative estimate of drug-likeness (QED) is 0.803. The summed E-state index contributed by atoms with van der Waals surface area (Å²) >= 11 is 3.45. The van der Waals surface area contributed by atoms with Crippen molar-refractivity contribution < 1.29 is 8.78 Å². The Hall–Kier alpha value is -1.26. The molecule has 2 aromatic rings. The van der Waals surface area contributed by atoms with Crippen LogP contribution in [0.5, 0.6) is 0 Å². The molecule has 0 aliphatic rings. The van der Waals surface area contributed by atoms with Gasteiger partial charge in [0.1, 0.15) is 11.6 Å². The smallest absolute Gasteiger partial charge is 0.129 e. The Morgan fingerprint density at radius 3 is 2.52 bits per heavy atom. The van der Waals surface area contributed by atoms with Crippen LogP contribution in [0, 0.1) is 18.6 Å². The molecule has 1 unspecified atom stereocenters. The van der Waals surface area contributed by atoms with E-state index in [1.54, 1.807) is 0 Å². The first-order chi connectivity index (χ1) is 10.0. The van der Waals surface area contributed by atoms with Crippen molar-refractivity contribution in [2.45, 2.75) is 26.3 Å². The van der Waals surface area contributed by atoms with E-state index in [0.717, 1.165) is 28.2 Å². The number of nitrogens with one attached hydrogen (secondary N) is 1. The molecule has 0 aliphatic heterocycles. The lowest BCUT2D eigenvalue weighted by Gasteiger charge is -2.21. The molecule has 0 heterocycles. The maximum Gasteiger partial charge on any atom is 0.129 e. The first kappa shape index (κ1) is 16.1. The van der Waals surface area contributed by atoms with Gasteiger partial charge in [-0.2, -0.15) is 0 Å². The summed E-state index contributed by atoms with van der Waals surface area (Å²) in [5, 5.41) is 3.37. The molecular formula is C17H18BrF2N. The van der Waals surface area contributed by atoms with Crippen LogP contribution in [0.4, 0.5) is 8.78 Å². The zero-order valence-corrected chi connectivity index (χ0v) is 13.7. The summed E-state index contributed by atoms with van der Waals surface area (Å²) in [5.41, 5.74) is 2.78. The van der Waals surface area contributed by atoms with Gasteiger partial charge in [0, 0.05) is 16.6 Å². The Bertz CT molecular complexity index is 628. The van der Waals surface area contributed by atoms with E-state index in [0.29, 0.717) is 12.0 Å². The second-order valence-electron chi connectivity index (χ2n) is 5.05. The number of hydrogen-bond acceptors (Lipinski definition) is 1. The Kier molecular flexibility index (Phi) is 5.48. The predicted octanol–water partition coefficient (Wildman–Crippen LogP) is 4.93. The van der Waals surface area contributed by atoms with E-state index in [9.17, 15) is 8.78 Å². The molecule has 0 aromatic heterocycles. The lowest BCUT2D eigenvalue weighted by molar-refractivity contribution is 0.519. The molecule has 21 heavy (non-hydrogen) atoms. The van der Waals surface area contributed by atoms with Crippen LogP contribution in [0.2, 0.25) is 0 Å². The molecule has 0 saturated carbocycles. The van der Waals surface area contributed by atoms with E-state index < -0.39 is 11.6 Å². The third kappa shape index (κ3) is 4.11. The minimum absolute atomic E-state index is 0.00283. The van der Waals surface area contributed by atoms with Gasteiger partial charge < -0.3 is 5.32 Å². The average molecular weight is 354 g/mol. The highest BCUT2D eigenvalue weighted by molar-refractivity contribution is 9.10. The molecule has 0 aliphatic carbocycles. The van der Waals surface area contributed by atoms with Crippen molar-refractivity contribution in [3.05, 3.63) is 69.2 Å². The third-order valence-electron chi connectivity index (χ3n) is 3.50. The molecular weight excluding hydrogens is 336 g/mol. The third-order valence-corrected chi connectivity index (χ3v) is 3.99. The molecule has 0 bridgehead atoms. The van der Waals surface area contributed by atoms with Gasteiger partial charge in [0.25, 0.3) is 0 Å². The number of likely N-dealkylation sites (N-methyl/N-ethyl adjacent to an activating group) is 1. The molecule has 2 rings (SSSR count). The van der Waals surface area contributed by atoms with E-state index in [-0.39, 0.29) is 6.04 Å². The Morgan fingerprint density at radius 2 is 1.90 bits per heavy atom. The van der Waals surface area contributed by atoms with Gasteiger partial charge in [-0.05, 0) is 54.8 Å². The van der Waals surface area contributed by atoms with Gasteiger partial charge in [0.15, 0.2) is 0 Å². The largest absolute Gasteiger partial charge is 0.310 e. The SMILES string of the molecule is CCNC(Cc1ccc(F)cc1F)c1ccc(Br)cc1C. The van der Waals surface area contributed by atoms with Gasteiger partial charge in [-0.3, -0.25) is 0 Å². The van der Waals surface area contributed by atoms with Crippen molar-refractivity contribution in [3.63, 3.8) is 0 Å². The van der Waals surface area contributed by atoms with Gasteiger partial charge in [-0.25, -0.2) is 8.78 Å². The van der Waals surface area contributed by atoms with Gasteiger partial charge in [-0.15, -0.1) is 0 Å². The summed E-state index contributed by atoms with van der Waals surface area (Å²) in [6, 6.07) is 9.82. The molecule has 1 N–H and O–H groups in total. The average Bonchev–Trinajstić information content (AvgIpc) is 2.41. The predicted molar refractivity (Wildman–Crippen MR) is 85.4 cm³/mol. The molecule has 0 saturated heterocycles. The summed E-state index contributed by atoms with van der Waals surface area (Å²) in [6.45, 7) is 4.83. The van der Waals surface area contributed by atoms with Gasteiger partial charge in [-0.1, -0.05) is 35.0 Å². The van der Waals surface area contributed by atoms with Crippen LogP contribution in [-0.2, 0) is 6.42 Å². The highest BCUT2D eigenvalue weighted by Gasteiger charge is 2.16. The summed E-state index contributed by atoms with van der Waals surface area (Å²) < 4.78 is 27.9. The van der Waals surface area contributed by atoms with E-state index in [4.69, 9.17) is 0 Å². The topological polar surface area (TPSA) is 12.0 Å². The number of aryl methyl sites for hydroxylation is 1. The molecule has 1 nitrogen and oxygen atoms in total. The molecule has 0 fully saturated rings. The van der Waals surface area contributed by atoms with E-state index >= 15 is 0 Å². The van der Waals surface area contributed by atoms with Crippen LogP contribution in [0.3, 0.4) is 0 Å². The molecule has 112 valence electrons. The molecule has 4 heteroatoms. The standard InChI is InChI=1S/C17H18BrF2N/c1-3-21-17(15-7-5-13(18)8-11(15)2)9-12-4-6-14(19)10-16(12)20/h4-8,10,17,21H,3,9H2,1-2H3. The highest BCUT2D eigenvalue weighted by atomic mass is 79.9. The number of halogens is 3. The van der Waals surface area contributed by atoms with Gasteiger partial charge in [0.05, 0.1) is 0 Å². The Labute approximate surface area is 132 Å². The van der Waals surface area contributed by atoms with Gasteiger partial charge >= 0.3 is 0 Å². The number of rotatable bonds is 5. The van der Waals surface area contributed by atoms with Crippen molar-refractivity contribution in [1.82, 2.24) is 5.32 Å². The Balaban J connectivity index is 2.30. The molecule has 0 amide bonds. The van der Waals surface area contributed by atoms with E-state index in [1.165, 1.54) is 12.1 Å². The fourth-order valence-electron chi connectivity index (χ4n) is 2.48. The van der Waals surface area contributed by atoms with Gasteiger partial charge in [0.2, 0.25) is 0 Å². The van der Waals surface area contributed by atoms with Crippen molar-refractivity contribution in [2.24, 2.45) is 0 Å². The lowest BCUT2D eigenvalue weighted by atomic mass is 9.95. The number of hydrogen-bond donors (Lipinski definition) is 1. The van der Waals surface area contributed by atoms with Crippen LogP contribution in [0.1, 0.15) is 29.7 Å².